The van der Waals surface area contributed by atoms with Crippen molar-refractivity contribution in [2.24, 2.45) is 0 Å². The van der Waals surface area contributed by atoms with Gasteiger partial charge < -0.3 is 25.2 Å². The molecule has 140 valence electrons. The molecular weight excluding hydrogens is 356 g/mol. The normalized spacial score (nSPS) is 11.5. The summed E-state index contributed by atoms with van der Waals surface area (Å²) < 4.78 is 10.7. The van der Waals surface area contributed by atoms with Crippen molar-refractivity contribution in [3.63, 3.8) is 0 Å². The molecule has 2 amide bonds. The third kappa shape index (κ3) is 5.82. The average molecular weight is 379 g/mol. The fourth-order valence-electron chi connectivity index (χ4n) is 2.24. The first kappa shape index (κ1) is 19.9. The van der Waals surface area contributed by atoms with Crippen LogP contribution in [0.4, 0.5) is 10.5 Å². The van der Waals surface area contributed by atoms with Crippen LogP contribution in [0, 0.1) is 0 Å². The molecule has 0 radical (unpaired) electrons. The quantitative estimate of drug-likeness (QED) is 0.648. The number of carbonyl (C=O) groups excluding carboxylic acids is 1. The Bertz CT molecular complexity index is 722. The van der Waals surface area contributed by atoms with Gasteiger partial charge in [-0.2, -0.15) is 0 Å². The van der Waals surface area contributed by atoms with E-state index in [1.807, 2.05) is 6.92 Å². The Hall–Kier alpha value is -2.44. The third-order valence-electron chi connectivity index (χ3n) is 3.61. The zero-order valence-electron chi connectivity index (χ0n) is 14.8. The lowest BCUT2D eigenvalue weighted by atomic mass is 10.1. The van der Waals surface area contributed by atoms with Crippen LogP contribution in [0.5, 0.6) is 11.5 Å². The second kappa shape index (κ2) is 9.89. The summed E-state index contributed by atoms with van der Waals surface area (Å²) in [7, 11) is 1.58. The first-order chi connectivity index (χ1) is 12.5. The Kier molecular flexibility index (Phi) is 7.56. The Morgan fingerprint density at radius 3 is 2.62 bits per heavy atom. The van der Waals surface area contributed by atoms with Crippen molar-refractivity contribution >= 4 is 23.3 Å². The Morgan fingerprint density at radius 2 is 1.96 bits per heavy atom. The lowest BCUT2D eigenvalue weighted by Crippen LogP contribution is -2.32. The molecule has 0 bridgehead atoms. The number of benzene rings is 2. The third-order valence-corrected chi connectivity index (χ3v) is 3.84. The van der Waals surface area contributed by atoms with Crippen LogP contribution in [0.2, 0.25) is 5.02 Å². The second-order valence-electron chi connectivity index (χ2n) is 5.61. The summed E-state index contributed by atoms with van der Waals surface area (Å²) in [6.07, 6.45) is 0.0179. The number of rotatable bonds is 8. The molecule has 26 heavy (non-hydrogen) atoms. The van der Waals surface area contributed by atoms with Crippen molar-refractivity contribution in [3.8, 4) is 11.5 Å². The number of carbonyl (C=O) groups is 1. The van der Waals surface area contributed by atoms with Gasteiger partial charge in [0.2, 0.25) is 0 Å². The van der Waals surface area contributed by atoms with Crippen molar-refractivity contribution in [2.45, 2.75) is 19.4 Å². The second-order valence-corrected chi connectivity index (χ2v) is 6.05. The average Bonchev–Trinajstić information content (AvgIpc) is 2.65. The maximum Gasteiger partial charge on any atom is 0.319 e. The molecule has 7 heteroatoms. The van der Waals surface area contributed by atoms with Gasteiger partial charge in [-0.3, -0.25) is 0 Å². The minimum absolute atomic E-state index is 0.0594. The van der Waals surface area contributed by atoms with Crippen molar-refractivity contribution in [1.29, 1.82) is 0 Å². The van der Waals surface area contributed by atoms with Crippen LogP contribution in [0.15, 0.2) is 42.5 Å². The van der Waals surface area contributed by atoms with Gasteiger partial charge in [0.25, 0.3) is 0 Å². The minimum atomic E-state index is -0.832. The number of nitrogens with one attached hydrogen (secondary N) is 2. The molecule has 2 rings (SSSR count). The highest BCUT2D eigenvalue weighted by molar-refractivity contribution is 6.31. The summed E-state index contributed by atoms with van der Waals surface area (Å²) in [5.74, 6) is 1.24. The molecule has 0 fully saturated rings. The summed E-state index contributed by atoms with van der Waals surface area (Å²) >= 11 is 5.99. The molecule has 0 spiro atoms. The summed E-state index contributed by atoms with van der Waals surface area (Å²) in [4.78, 5) is 12.1. The van der Waals surface area contributed by atoms with Gasteiger partial charge in [-0.25, -0.2) is 4.79 Å². The number of hydrogen-bond acceptors (Lipinski definition) is 4. The van der Waals surface area contributed by atoms with E-state index in [1.165, 1.54) is 0 Å². The standard InChI is InChI=1S/C19H23ClN2O4/c1-3-10-26-18-9-6-14(20)11-16(18)22-19(24)21-12-17(23)13-4-7-15(25-2)8-5-13/h4-9,11,17,23H,3,10,12H2,1-2H3,(H2,21,22,24). The van der Waals surface area contributed by atoms with Crippen LogP contribution < -0.4 is 20.1 Å². The van der Waals surface area contributed by atoms with Crippen LogP contribution in [0.25, 0.3) is 0 Å². The summed E-state index contributed by atoms with van der Waals surface area (Å²) in [5, 5.41) is 16.0. The molecule has 0 saturated heterocycles. The fraction of sp³-hybridized carbons (Fsp3) is 0.316. The maximum atomic E-state index is 12.1. The maximum absolute atomic E-state index is 12.1. The molecule has 3 N–H and O–H groups in total. The van der Waals surface area contributed by atoms with Gasteiger partial charge in [-0.05, 0) is 42.3 Å². The number of amides is 2. The molecule has 1 unspecified atom stereocenters. The molecule has 6 nitrogen and oxygen atoms in total. The number of aliphatic hydroxyl groups is 1. The van der Waals surface area contributed by atoms with Crippen LogP contribution in [-0.4, -0.2) is 31.4 Å². The minimum Gasteiger partial charge on any atom is -0.497 e. The molecule has 0 heterocycles. The van der Waals surface area contributed by atoms with Crippen molar-refractivity contribution in [1.82, 2.24) is 5.32 Å². The van der Waals surface area contributed by atoms with E-state index in [9.17, 15) is 9.90 Å². The first-order valence-electron chi connectivity index (χ1n) is 8.32. The van der Waals surface area contributed by atoms with E-state index in [4.69, 9.17) is 21.1 Å². The molecule has 0 aliphatic carbocycles. The number of methoxy groups -OCH3 is 1. The van der Waals surface area contributed by atoms with Crippen LogP contribution in [0.1, 0.15) is 25.0 Å². The molecule has 0 saturated carbocycles. The highest BCUT2D eigenvalue weighted by atomic mass is 35.5. The summed E-state index contributed by atoms with van der Waals surface area (Å²) in [6, 6.07) is 11.6. The van der Waals surface area contributed by atoms with Gasteiger partial charge in [0.15, 0.2) is 0 Å². The predicted molar refractivity (Wildman–Crippen MR) is 102 cm³/mol. The van der Waals surface area contributed by atoms with E-state index < -0.39 is 12.1 Å². The largest absolute Gasteiger partial charge is 0.497 e. The number of ether oxygens (including phenoxy) is 2. The van der Waals surface area contributed by atoms with Gasteiger partial charge in [-0.15, -0.1) is 0 Å². The number of aliphatic hydroxyl groups excluding tert-OH is 1. The topological polar surface area (TPSA) is 79.8 Å². The molecule has 0 aliphatic rings. The highest BCUT2D eigenvalue weighted by Crippen LogP contribution is 2.28. The summed E-state index contributed by atoms with van der Waals surface area (Å²) in [6.45, 7) is 2.59. The van der Waals surface area contributed by atoms with Gasteiger partial charge in [0.05, 0.1) is 25.5 Å². The number of urea groups is 1. The van der Waals surface area contributed by atoms with Crippen molar-refractivity contribution < 1.29 is 19.4 Å². The fourth-order valence-corrected chi connectivity index (χ4v) is 2.41. The molecule has 0 aromatic heterocycles. The molecule has 2 aromatic carbocycles. The molecular formula is C19H23ClN2O4. The van der Waals surface area contributed by atoms with Gasteiger partial charge in [-0.1, -0.05) is 30.7 Å². The number of anilines is 1. The number of halogens is 1. The lowest BCUT2D eigenvalue weighted by molar-refractivity contribution is 0.175. The highest BCUT2D eigenvalue weighted by Gasteiger charge is 2.12. The van der Waals surface area contributed by atoms with Gasteiger partial charge in [0.1, 0.15) is 11.5 Å². The van der Waals surface area contributed by atoms with Crippen molar-refractivity contribution in [2.75, 3.05) is 25.6 Å². The Balaban J connectivity index is 1.92. The summed E-state index contributed by atoms with van der Waals surface area (Å²) in [5.41, 5.74) is 1.16. The molecule has 1 atom stereocenters. The first-order valence-corrected chi connectivity index (χ1v) is 8.70. The van der Waals surface area contributed by atoms with Gasteiger partial charge >= 0.3 is 6.03 Å². The SMILES string of the molecule is CCCOc1ccc(Cl)cc1NC(=O)NCC(O)c1ccc(OC)cc1. The predicted octanol–water partition coefficient (Wildman–Crippen LogP) is 3.99. The molecule has 0 aliphatic heterocycles. The molecule has 2 aromatic rings. The van der Waals surface area contributed by atoms with E-state index >= 15 is 0 Å². The van der Waals surface area contributed by atoms with Crippen molar-refractivity contribution in [3.05, 3.63) is 53.1 Å². The van der Waals surface area contributed by atoms with E-state index in [1.54, 1.807) is 49.6 Å². The lowest BCUT2D eigenvalue weighted by Gasteiger charge is -2.15. The zero-order valence-corrected chi connectivity index (χ0v) is 15.5. The van der Waals surface area contributed by atoms with E-state index in [0.29, 0.717) is 34.4 Å². The number of hydrogen-bond donors (Lipinski definition) is 3. The van der Waals surface area contributed by atoms with E-state index in [0.717, 1.165) is 6.42 Å². The van der Waals surface area contributed by atoms with Crippen LogP contribution in [-0.2, 0) is 0 Å². The Morgan fingerprint density at radius 1 is 1.23 bits per heavy atom. The van der Waals surface area contributed by atoms with Crippen LogP contribution in [0.3, 0.4) is 0 Å². The Labute approximate surface area is 158 Å². The van der Waals surface area contributed by atoms with E-state index in [2.05, 4.69) is 10.6 Å². The smallest absolute Gasteiger partial charge is 0.319 e. The van der Waals surface area contributed by atoms with Gasteiger partial charge in [0, 0.05) is 11.6 Å². The zero-order chi connectivity index (χ0) is 18.9. The monoisotopic (exact) mass is 378 g/mol. The van der Waals surface area contributed by atoms with E-state index in [-0.39, 0.29) is 6.54 Å². The van der Waals surface area contributed by atoms with Crippen LogP contribution >= 0.6 is 11.6 Å².